The fourth-order valence-electron chi connectivity index (χ4n) is 3.81. The van der Waals surface area contributed by atoms with Crippen molar-refractivity contribution in [1.29, 1.82) is 0 Å². The molecule has 0 saturated carbocycles. The second-order valence-electron chi connectivity index (χ2n) is 7.23. The lowest BCUT2D eigenvalue weighted by Crippen LogP contribution is -2.06. The van der Waals surface area contributed by atoms with E-state index in [1.54, 1.807) is 43.1 Å². The lowest BCUT2D eigenvalue weighted by Gasteiger charge is -2.14. The predicted octanol–water partition coefficient (Wildman–Crippen LogP) is 4.35. The molecule has 0 spiro atoms. The fourth-order valence-corrected chi connectivity index (χ4v) is 5.07. The van der Waals surface area contributed by atoms with E-state index in [1.807, 2.05) is 12.1 Å². The van der Waals surface area contributed by atoms with E-state index in [1.165, 1.54) is 23.3 Å². The van der Waals surface area contributed by atoms with Gasteiger partial charge in [-0.3, -0.25) is 4.98 Å². The van der Waals surface area contributed by atoms with E-state index in [4.69, 9.17) is 14.7 Å². The Morgan fingerprint density at radius 1 is 1.17 bits per heavy atom. The van der Waals surface area contributed by atoms with Crippen LogP contribution in [0.15, 0.2) is 36.8 Å². The van der Waals surface area contributed by atoms with Crippen molar-refractivity contribution in [2.45, 2.75) is 32.2 Å². The molecule has 1 aliphatic carbocycles. The van der Waals surface area contributed by atoms with Gasteiger partial charge in [-0.1, -0.05) is 0 Å². The van der Waals surface area contributed by atoms with Crippen molar-refractivity contribution in [3.8, 4) is 23.0 Å². The first-order valence-electron chi connectivity index (χ1n) is 9.91. The number of hydrogen-bond donors (Lipinski definition) is 2. The first-order chi connectivity index (χ1) is 14.7. The smallest absolute Gasteiger partial charge is 0.183 e. The Morgan fingerprint density at radius 3 is 2.87 bits per heavy atom. The van der Waals surface area contributed by atoms with Crippen LogP contribution in [0.25, 0.3) is 21.7 Å². The molecule has 0 amide bonds. The molecule has 30 heavy (non-hydrogen) atoms. The third-order valence-corrected chi connectivity index (χ3v) is 6.53. The Kier molecular flexibility index (Phi) is 4.92. The molecule has 4 aromatic rings. The summed E-state index contributed by atoms with van der Waals surface area (Å²) < 4.78 is 5.17. The van der Waals surface area contributed by atoms with Crippen LogP contribution < -0.4 is 10.1 Å². The van der Waals surface area contributed by atoms with E-state index in [0.717, 1.165) is 34.4 Å². The maximum atomic E-state index is 10.3. The number of nitrogens with one attached hydrogen (secondary N) is 1. The van der Waals surface area contributed by atoms with Crippen molar-refractivity contribution in [2.24, 2.45) is 0 Å². The second kappa shape index (κ2) is 7.87. The van der Waals surface area contributed by atoms with Crippen LogP contribution in [0, 0.1) is 0 Å². The molecule has 0 unspecified atom stereocenters. The topological polar surface area (TPSA) is 93.0 Å². The van der Waals surface area contributed by atoms with Crippen LogP contribution in [0.2, 0.25) is 0 Å². The zero-order chi connectivity index (χ0) is 20.5. The van der Waals surface area contributed by atoms with Gasteiger partial charge in [-0.2, -0.15) is 0 Å². The number of nitrogens with zero attached hydrogens (tertiary/aromatic N) is 4. The van der Waals surface area contributed by atoms with Crippen LogP contribution in [-0.4, -0.2) is 32.2 Å². The van der Waals surface area contributed by atoms with Gasteiger partial charge in [-0.15, -0.1) is 11.3 Å². The molecule has 0 bridgehead atoms. The Bertz CT molecular complexity index is 1210. The summed E-state index contributed by atoms with van der Waals surface area (Å²) in [7, 11) is 1.58. The minimum atomic E-state index is 0.189. The quantitative estimate of drug-likeness (QED) is 0.497. The first-order valence-corrected chi connectivity index (χ1v) is 10.7. The van der Waals surface area contributed by atoms with Gasteiger partial charge in [0.25, 0.3) is 0 Å². The number of fused-ring (bicyclic) bond motifs is 3. The number of ether oxygens (including phenoxy) is 1. The third-order valence-electron chi connectivity index (χ3n) is 5.35. The molecular formula is C22H21N5O2S. The van der Waals surface area contributed by atoms with E-state index in [-0.39, 0.29) is 5.75 Å². The van der Waals surface area contributed by atoms with Crippen molar-refractivity contribution < 1.29 is 9.84 Å². The summed E-state index contributed by atoms with van der Waals surface area (Å²) in [5, 5.41) is 14.9. The van der Waals surface area contributed by atoms with Gasteiger partial charge in [-0.25, -0.2) is 15.0 Å². The highest BCUT2D eigenvalue weighted by atomic mass is 32.1. The van der Waals surface area contributed by atoms with E-state index in [2.05, 4.69) is 15.3 Å². The highest BCUT2D eigenvalue weighted by molar-refractivity contribution is 7.19. The standard InChI is InChI=1S/C22H21N5O2S/c1-29-14-7-6-13(17(28)10-14)11-25-21-19-15-4-2-3-5-18(15)30-22(19)27-20(26-21)16-12-23-8-9-24-16/h6-10,12,28H,2-5,11H2,1H3,(H,25,26,27). The maximum Gasteiger partial charge on any atom is 0.183 e. The molecule has 0 saturated heterocycles. The molecular weight excluding hydrogens is 398 g/mol. The number of phenolic OH excluding ortho intramolecular Hbond substituents is 1. The summed E-state index contributed by atoms with van der Waals surface area (Å²) in [5.74, 6) is 2.14. The van der Waals surface area contributed by atoms with Crippen LogP contribution in [0.1, 0.15) is 28.8 Å². The molecule has 152 valence electrons. The Labute approximate surface area is 177 Å². The number of rotatable bonds is 5. The molecule has 8 heteroatoms. The molecule has 2 N–H and O–H groups in total. The number of anilines is 1. The normalized spacial score (nSPS) is 13.2. The number of aryl methyl sites for hydroxylation is 2. The highest BCUT2D eigenvalue weighted by Gasteiger charge is 2.22. The zero-order valence-electron chi connectivity index (χ0n) is 16.6. The summed E-state index contributed by atoms with van der Waals surface area (Å²) in [6, 6.07) is 5.31. The summed E-state index contributed by atoms with van der Waals surface area (Å²) in [4.78, 5) is 20.5. The molecule has 1 aliphatic rings. The molecule has 5 rings (SSSR count). The van der Waals surface area contributed by atoms with Gasteiger partial charge in [-0.05, 0) is 43.4 Å². The van der Waals surface area contributed by atoms with E-state index < -0.39 is 0 Å². The molecule has 0 atom stereocenters. The Morgan fingerprint density at radius 2 is 2.07 bits per heavy atom. The van der Waals surface area contributed by atoms with Crippen molar-refractivity contribution in [3.63, 3.8) is 0 Å². The molecule has 0 aliphatic heterocycles. The number of aromatic nitrogens is 4. The first kappa shape index (κ1) is 18.7. The Balaban J connectivity index is 1.57. The minimum Gasteiger partial charge on any atom is -0.507 e. The van der Waals surface area contributed by atoms with Crippen LogP contribution in [0.3, 0.4) is 0 Å². The number of hydrogen-bond acceptors (Lipinski definition) is 8. The van der Waals surface area contributed by atoms with E-state index in [0.29, 0.717) is 23.8 Å². The lowest BCUT2D eigenvalue weighted by molar-refractivity contribution is 0.406. The predicted molar refractivity (Wildman–Crippen MR) is 117 cm³/mol. The Hall–Kier alpha value is -3.26. The van der Waals surface area contributed by atoms with Crippen molar-refractivity contribution >= 4 is 27.4 Å². The highest BCUT2D eigenvalue weighted by Crippen LogP contribution is 2.39. The fraction of sp³-hybridized carbons (Fsp3) is 0.273. The van der Waals surface area contributed by atoms with Gasteiger partial charge < -0.3 is 15.2 Å². The number of phenols is 1. The monoisotopic (exact) mass is 419 g/mol. The van der Waals surface area contributed by atoms with Gasteiger partial charge in [0.15, 0.2) is 5.82 Å². The second-order valence-corrected chi connectivity index (χ2v) is 8.31. The third kappa shape index (κ3) is 3.43. The summed E-state index contributed by atoms with van der Waals surface area (Å²) >= 11 is 1.75. The number of methoxy groups -OCH3 is 1. The lowest BCUT2D eigenvalue weighted by atomic mass is 9.97. The average molecular weight is 420 g/mol. The largest absolute Gasteiger partial charge is 0.507 e. The van der Waals surface area contributed by atoms with E-state index in [9.17, 15) is 5.11 Å². The van der Waals surface area contributed by atoms with Crippen LogP contribution in [0.5, 0.6) is 11.5 Å². The summed E-state index contributed by atoms with van der Waals surface area (Å²) in [6.45, 7) is 0.437. The molecule has 0 radical (unpaired) electrons. The SMILES string of the molecule is COc1ccc(CNc2nc(-c3cnccn3)nc3sc4c(c23)CCCC4)c(O)c1. The molecule has 7 nitrogen and oxygen atoms in total. The summed E-state index contributed by atoms with van der Waals surface area (Å²) in [5.41, 5.74) is 2.77. The van der Waals surface area contributed by atoms with Crippen LogP contribution in [-0.2, 0) is 19.4 Å². The van der Waals surface area contributed by atoms with Crippen LogP contribution >= 0.6 is 11.3 Å². The average Bonchev–Trinajstić information content (AvgIpc) is 3.17. The van der Waals surface area contributed by atoms with Crippen molar-refractivity contribution in [1.82, 2.24) is 19.9 Å². The molecule has 0 fully saturated rings. The number of aromatic hydroxyl groups is 1. The van der Waals surface area contributed by atoms with Gasteiger partial charge in [0.1, 0.15) is 27.8 Å². The maximum absolute atomic E-state index is 10.3. The van der Waals surface area contributed by atoms with Gasteiger partial charge in [0.05, 0.1) is 18.7 Å². The molecule has 3 heterocycles. The molecule has 1 aromatic carbocycles. The molecule has 3 aromatic heterocycles. The minimum absolute atomic E-state index is 0.189. The number of thiophene rings is 1. The van der Waals surface area contributed by atoms with Crippen molar-refractivity contribution in [3.05, 3.63) is 52.8 Å². The van der Waals surface area contributed by atoms with Gasteiger partial charge in [0, 0.05) is 35.4 Å². The van der Waals surface area contributed by atoms with Gasteiger partial charge in [0.2, 0.25) is 0 Å². The van der Waals surface area contributed by atoms with Gasteiger partial charge >= 0.3 is 0 Å². The number of benzene rings is 1. The summed E-state index contributed by atoms with van der Waals surface area (Å²) in [6.07, 6.45) is 9.49. The zero-order valence-corrected chi connectivity index (χ0v) is 17.4. The van der Waals surface area contributed by atoms with E-state index >= 15 is 0 Å². The van der Waals surface area contributed by atoms with Crippen molar-refractivity contribution in [2.75, 3.05) is 12.4 Å². The van der Waals surface area contributed by atoms with Crippen LogP contribution in [0.4, 0.5) is 5.82 Å².